The van der Waals surface area contributed by atoms with Crippen LogP contribution < -0.4 is 0 Å². The second-order valence-corrected chi connectivity index (χ2v) is 5.91. The monoisotopic (exact) mass is 240 g/mol. The van der Waals surface area contributed by atoms with Crippen molar-refractivity contribution >= 4 is 6.15 Å². The Morgan fingerprint density at radius 3 is 1.88 bits per heavy atom. The van der Waals surface area contributed by atoms with Crippen molar-refractivity contribution in [3.8, 4) is 0 Å². The molecule has 0 amide bonds. The number of piperidine rings is 1. The lowest BCUT2D eigenvalue weighted by Gasteiger charge is -2.52. The number of hydrogen-bond donors (Lipinski definition) is 0. The first kappa shape index (κ1) is 14.4. The SMILES string of the molecule is CC(C)(C)N1CC(N2CCCCC2)C1.O=C=O. The van der Waals surface area contributed by atoms with Crippen LogP contribution in [0.4, 0.5) is 0 Å². The van der Waals surface area contributed by atoms with E-state index in [2.05, 4.69) is 30.6 Å². The largest absolute Gasteiger partial charge is 0.373 e. The van der Waals surface area contributed by atoms with E-state index in [1.807, 2.05) is 0 Å². The third-order valence-electron chi connectivity index (χ3n) is 3.72. The van der Waals surface area contributed by atoms with E-state index in [1.165, 1.54) is 45.4 Å². The predicted molar refractivity (Wildman–Crippen MR) is 65.5 cm³/mol. The molecule has 17 heavy (non-hydrogen) atoms. The van der Waals surface area contributed by atoms with E-state index in [0.717, 1.165) is 6.04 Å². The minimum absolute atomic E-state index is 0.250. The molecular formula is C13H24N2O2. The number of likely N-dealkylation sites (tertiary alicyclic amines) is 2. The van der Waals surface area contributed by atoms with Crippen LogP contribution in [0.1, 0.15) is 40.0 Å². The summed E-state index contributed by atoms with van der Waals surface area (Å²) in [5, 5.41) is 0. The van der Waals surface area contributed by atoms with Crippen LogP contribution in [0.15, 0.2) is 0 Å². The highest BCUT2D eigenvalue weighted by Gasteiger charge is 2.37. The summed E-state index contributed by atoms with van der Waals surface area (Å²) in [7, 11) is 0. The summed E-state index contributed by atoms with van der Waals surface area (Å²) in [4.78, 5) is 21.5. The van der Waals surface area contributed by atoms with Gasteiger partial charge in [0.15, 0.2) is 0 Å². The highest BCUT2D eigenvalue weighted by molar-refractivity contribution is 5.20. The van der Waals surface area contributed by atoms with Crippen molar-refractivity contribution in [3.05, 3.63) is 0 Å². The standard InChI is InChI=1S/C12H24N2.CO2/c1-12(2,3)14-9-11(10-14)13-7-5-4-6-8-13;2-1-3/h11H,4-10H2,1-3H3;. The van der Waals surface area contributed by atoms with Crippen LogP contribution >= 0.6 is 0 Å². The van der Waals surface area contributed by atoms with Gasteiger partial charge in [-0.1, -0.05) is 6.42 Å². The summed E-state index contributed by atoms with van der Waals surface area (Å²) in [6, 6.07) is 0.870. The van der Waals surface area contributed by atoms with Crippen molar-refractivity contribution in [1.29, 1.82) is 0 Å². The fourth-order valence-corrected chi connectivity index (χ4v) is 2.52. The Morgan fingerprint density at radius 1 is 1.00 bits per heavy atom. The third kappa shape index (κ3) is 4.23. The summed E-state index contributed by atoms with van der Waals surface area (Å²) in [5.74, 6) is 0. The van der Waals surface area contributed by atoms with E-state index in [-0.39, 0.29) is 6.15 Å². The van der Waals surface area contributed by atoms with Gasteiger partial charge in [-0.25, -0.2) is 0 Å². The van der Waals surface area contributed by atoms with Crippen LogP contribution in [0.2, 0.25) is 0 Å². The second kappa shape index (κ2) is 6.29. The highest BCUT2D eigenvalue weighted by Crippen LogP contribution is 2.25. The van der Waals surface area contributed by atoms with Gasteiger partial charge in [-0.3, -0.25) is 9.80 Å². The molecule has 0 bridgehead atoms. The van der Waals surface area contributed by atoms with E-state index >= 15 is 0 Å². The van der Waals surface area contributed by atoms with Crippen LogP contribution in [0.5, 0.6) is 0 Å². The van der Waals surface area contributed by atoms with E-state index in [9.17, 15) is 0 Å². The van der Waals surface area contributed by atoms with Crippen molar-refractivity contribution in [2.75, 3.05) is 26.2 Å². The smallest absolute Gasteiger partial charge is 0.298 e. The molecule has 2 fully saturated rings. The molecule has 0 aromatic rings. The molecular weight excluding hydrogens is 216 g/mol. The maximum Gasteiger partial charge on any atom is 0.373 e. The highest BCUT2D eigenvalue weighted by atomic mass is 16.2. The summed E-state index contributed by atoms with van der Waals surface area (Å²) < 4.78 is 0. The molecule has 0 atom stereocenters. The molecule has 0 aromatic heterocycles. The summed E-state index contributed by atoms with van der Waals surface area (Å²) >= 11 is 0. The fourth-order valence-electron chi connectivity index (χ4n) is 2.52. The minimum atomic E-state index is 0.250. The number of nitrogens with zero attached hydrogens (tertiary/aromatic N) is 2. The average Bonchev–Trinajstić information content (AvgIpc) is 2.16. The zero-order valence-corrected chi connectivity index (χ0v) is 11.2. The van der Waals surface area contributed by atoms with Crippen LogP contribution in [0, 0.1) is 0 Å². The maximum atomic E-state index is 8.12. The van der Waals surface area contributed by atoms with Gasteiger partial charge in [0.1, 0.15) is 0 Å². The van der Waals surface area contributed by atoms with E-state index in [0.29, 0.717) is 5.54 Å². The molecule has 0 N–H and O–H groups in total. The van der Waals surface area contributed by atoms with Gasteiger partial charge in [-0.2, -0.15) is 9.59 Å². The predicted octanol–water partition coefficient (Wildman–Crippen LogP) is 1.37. The molecule has 0 spiro atoms. The Balaban J connectivity index is 0.000000437. The number of hydrogen-bond acceptors (Lipinski definition) is 4. The normalized spacial score (nSPS) is 23.2. The van der Waals surface area contributed by atoms with Gasteiger partial charge in [0, 0.05) is 24.7 Å². The lowest BCUT2D eigenvalue weighted by Crippen LogP contribution is -2.65. The molecule has 2 aliphatic rings. The van der Waals surface area contributed by atoms with Crippen LogP contribution in [0.3, 0.4) is 0 Å². The van der Waals surface area contributed by atoms with Gasteiger partial charge in [-0.15, -0.1) is 0 Å². The Hall–Kier alpha value is -0.700. The van der Waals surface area contributed by atoms with Gasteiger partial charge in [0.25, 0.3) is 0 Å². The van der Waals surface area contributed by atoms with E-state index in [1.54, 1.807) is 0 Å². The number of rotatable bonds is 1. The lowest BCUT2D eigenvalue weighted by atomic mass is 9.95. The molecule has 0 radical (unpaired) electrons. The second-order valence-electron chi connectivity index (χ2n) is 5.91. The Morgan fingerprint density at radius 2 is 1.47 bits per heavy atom. The summed E-state index contributed by atoms with van der Waals surface area (Å²) in [6.45, 7) is 12.2. The molecule has 0 saturated carbocycles. The number of carbonyl (C=O) groups excluding carboxylic acids is 2. The molecule has 0 aromatic carbocycles. The lowest BCUT2D eigenvalue weighted by molar-refractivity contribution is -0.191. The van der Waals surface area contributed by atoms with Gasteiger partial charge in [0.05, 0.1) is 0 Å². The molecule has 2 aliphatic heterocycles. The third-order valence-corrected chi connectivity index (χ3v) is 3.72. The molecule has 0 unspecified atom stereocenters. The summed E-state index contributed by atoms with van der Waals surface area (Å²) in [6.07, 6.45) is 4.55. The van der Waals surface area contributed by atoms with Crippen LogP contribution in [-0.4, -0.2) is 53.7 Å². The first-order chi connectivity index (χ1) is 7.99. The van der Waals surface area contributed by atoms with Gasteiger partial charge < -0.3 is 0 Å². The Labute approximate surface area is 104 Å². The zero-order valence-electron chi connectivity index (χ0n) is 11.2. The maximum absolute atomic E-state index is 8.12. The summed E-state index contributed by atoms with van der Waals surface area (Å²) in [5.41, 5.74) is 0.381. The van der Waals surface area contributed by atoms with Crippen molar-refractivity contribution < 1.29 is 9.59 Å². The van der Waals surface area contributed by atoms with Crippen molar-refractivity contribution in [3.63, 3.8) is 0 Å². The molecule has 2 rings (SSSR count). The van der Waals surface area contributed by atoms with Gasteiger partial charge >= 0.3 is 6.15 Å². The molecule has 4 heteroatoms. The topological polar surface area (TPSA) is 40.6 Å². The van der Waals surface area contributed by atoms with Crippen molar-refractivity contribution in [2.45, 2.75) is 51.6 Å². The molecule has 98 valence electrons. The molecule has 4 nitrogen and oxygen atoms in total. The van der Waals surface area contributed by atoms with E-state index in [4.69, 9.17) is 9.59 Å². The average molecular weight is 240 g/mol. The van der Waals surface area contributed by atoms with Crippen molar-refractivity contribution in [1.82, 2.24) is 9.80 Å². The zero-order chi connectivity index (χ0) is 12.9. The van der Waals surface area contributed by atoms with Crippen molar-refractivity contribution in [2.24, 2.45) is 0 Å². The molecule has 2 saturated heterocycles. The first-order valence-electron chi connectivity index (χ1n) is 6.47. The quantitative estimate of drug-likeness (QED) is 0.694. The van der Waals surface area contributed by atoms with Gasteiger partial charge in [-0.05, 0) is 46.7 Å². The molecule has 2 heterocycles. The minimum Gasteiger partial charge on any atom is -0.298 e. The Bertz CT molecular complexity index is 255. The van der Waals surface area contributed by atoms with Crippen LogP contribution in [0.25, 0.3) is 0 Å². The fraction of sp³-hybridized carbons (Fsp3) is 0.923. The first-order valence-corrected chi connectivity index (χ1v) is 6.47. The van der Waals surface area contributed by atoms with Gasteiger partial charge in [0.2, 0.25) is 0 Å². The molecule has 0 aliphatic carbocycles. The van der Waals surface area contributed by atoms with E-state index < -0.39 is 0 Å². The van der Waals surface area contributed by atoms with Crippen LogP contribution in [-0.2, 0) is 9.59 Å². The Kier molecular flexibility index (Phi) is 5.31.